The number of thiazole rings is 1. The molecule has 2 unspecified atom stereocenters. The van der Waals surface area contributed by atoms with E-state index in [-0.39, 0.29) is 18.2 Å². The fourth-order valence-corrected chi connectivity index (χ4v) is 3.92. The molecule has 24 heavy (non-hydrogen) atoms. The van der Waals surface area contributed by atoms with E-state index in [9.17, 15) is 4.79 Å². The summed E-state index contributed by atoms with van der Waals surface area (Å²) in [6.07, 6.45) is 0.156. The smallest absolute Gasteiger partial charge is 0.317 e. The third-order valence-corrected chi connectivity index (χ3v) is 5.23. The monoisotopic (exact) mass is 345 g/mol. The zero-order chi connectivity index (χ0) is 17.1. The number of nitrogens with one attached hydrogen (secondary N) is 1. The first-order valence-electron chi connectivity index (χ1n) is 8.23. The Labute approximate surface area is 146 Å². The molecule has 5 nitrogen and oxygen atoms in total. The molecule has 1 N–H and O–H groups in total. The number of urea groups is 1. The predicted octanol–water partition coefficient (Wildman–Crippen LogP) is 3.44. The number of nitrogens with zero attached hydrogens (tertiary/aromatic N) is 2. The third kappa shape index (κ3) is 3.94. The highest BCUT2D eigenvalue weighted by molar-refractivity contribution is 7.15. The zero-order valence-electron chi connectivity index (χ0n) is 14.3. The summed E-state index contributed by atoms with van der Waals surface area (Å²) in [6, 6.07) is 10.1. The first kappa shape index (κ1) is 16.9. The lowest BCUT2D eigenvalue weighted by atomic mass is 10.2. The molecule has 0 aliphatic carbocycles. The second-order valence-corrected chi connectivity index (χ2v) is 7.30. The van der Waals surface area contributed by atoms with Crippen molar-refractivity contribution in [2.24, 2.45) is 0 Å². The van der Waals surface area contributed by atoms with Gasteiger partial charge in [-0.05, 0) is 20.8 Å². The summed E-state index contributed by atoms with van der Waals surface area (Å²) in [5.74, 6) is 0. The molecule has 0 bridgehead atoms. The van der Waals surface area contributed by atoms with Gasteiger partial charge >= 0.3 is 6.03 Å². The Bertz CT molecular complexity index is 692. The number of carbonyl (C=O) groups is 1. The van der Waals surface area contributed by atoms with Gasteiger partial charge in [-0.2, -0.15) is 0 Å². The van der Waals surface area contributed by atoms with E-state index in [1.54, 1.807) is 11.3 Å². The molecule has 3 rings (SSSR count). The average Bonchev–Trinajstić information content (AvgIpc) is 2.93. The van der Waals surface area contributed by atoms with Crippen LogP contribution in [0.15, 0.2) is 30.3 Å². The second-order valence-electron chi connectivity index (χ2n) is 6.21. The van der Waals surface area contributed by atoms with Crippen LogP contribution in [0.1, 0.15) is 24.4 Å². The van der Waals surface area contributed by atoms with Gasteiger partial charge in [-0.15, -0.1) is 11.3 Å². The quantitative estimate of drug-likeness (QED) is 0.927. The van der Waals surface area contributed by atoms with Crippen LogP contribution in [0.5, 0.6) is 0 Å². The molecule has 1 aliphatic rings. The zero-order valence-corrected chi connectivity index (χ0v) is 15.1. The van der Waals surface area contributed by atoms with Crippen LogP contribution in [0.3, 0.4) is 0 Å². The number of carbonyl (C=O) groups excluding carboxylic acids is 1. The van der Waals surface area contributed by atoms with Crippen LogP contribution < -0.4 is 5.32 Å². The van der Waals surface area contributed by atoms with Crippen LogP contribution in [-0.4, -0.2) is 41.2 Å². The van der Waals surface area contributed by atoms with Gasteiger partial charge in [-0.25, -0.2) is 9.78 Å². The van der Waals surface area contributed by atoms with Gasteiger partial charge in [0.25, 0.3) is 0 Å². The van der Waals surface area contributed by atoms with Crippen molar-refractivity contribution in [2.75, 3.05) is 13.1 Å². The van der Waals surface area contributed by atoms with Crippen molar-refractivity contribution < 1.29 is 9.53 Å². The molecule has 2 aromatic rings. The van der Waals surface area contributed by atoms with E-state index < -0.39 is 0 Å². The van der Waals surface area contributed by atoms with Crippen molar-refractivity contribution in [2.45, 2.75) is 39.5 Å². The maximum Gasteiger partial charge on any atom is 0.317 e. The van der Waals surface area contributed by atoms with E-state index >= 15 is 0 Å². The third-order valence-electron chi connectivity index (χ3n) is 4.02. The lowest BCUT2D eigenvalue weighted by Gasteiger charge is -2.35. The van der Waals surface area contributed by atoms with Crippen molar-refractivity contribution in [3.63, 3.8) is 0 Å². The summed E-state index contributed by atoms with van der Waals surface area (Å²) in [5, 5.41) is 4.01. The van der Waals surface area contributed by atoms with Crippen LogP contribution in [0, 0.1) is 6.92 Å². The molecule has 6 heteroatoms. The SMILES string of the molecule is Cc1nc(-c2ccccc2)sc1CNC(=O)N1CC(C)OC(C)C1. The number of aryl methyl sites for hydroxylation is 1. The molecule has 1 aromatic heterocycles. The van der Waals surface area contributed by atoms with Gasteiger partial charge in [-0.1, -0.05) is 30.3 Å². The molecule has 2 heterocycles. The van der Waals surface area contributed by atoms with E-state index in [1.807, 2.05) is 43.9 Å². The van der Waals surface area contributed by atoms with Gasteiger partial charge < -0.3 is 15.0 Å². The highest BCUT2D eigenvalue weighted by Crippen LogP contribution is 2.27. The molecule has 1 fully saturated rings. The molecule has 1 aromatic carbocycles. The number of ether oxygens (including phenoxy) is 1. The van der Waals surface area contributed by atoms with Gasteiger partial charge in [0.2, 0.25) is 0 Å². The number of benzene rings is 1. The Kier molecular flexibility index (Phi) is 5.16. The highest BCUT2D eigenvalue weighted by Gasteiger charge is 2.25. The lowest BCUT2D eigenvalue weighted by molar-refractivity contribution is -0.0545. The second kappa shape index (κ2) is 7.32. The van der Waals surface area contributed by atoms with E-state index in [0.29, 0.717) is 19.6 Å². The molecule has 2 amide bonds. The molecule has 128 valence electrons. The molecule has 1 aliphatic heterocycles. The molecular weight excluding hydrogens is 322 g/mol. The molecule has 1 saturated heterocycles. The lowest BCUT2D eigenvalue weighted by Crippen LogP contribution is -2.51. The highest BCUT2D eigenvalue weighted by atomic mass is 32.1. The van der Waals surface area contributed by atoms with Crippen molar-refractivity contribution in [1.82, 2.24) is 15.2 Å². The Morgan fingerprint density at radius 1 is 1.29 bits per heavy atom. The summed E-state index contributed by atoms with van der Waals surface area (Å²) in [4.78, 5) is 19.9. The van der Waals surface area contributed by atoms with Crippen LogP contribution in [0.4, 0.5) is 4.79 Å². The summed E-state index contributed by atoms with van der Waals surface area (Å²) in [6.45, 7) is 7.75. The molecule has 0 saturated carbocycles. The van der Waals surface area contributed by atoms with Crippen LogP contribution in [0.25, 0.3) is 10.6 Å². The van der Waals surface area contributed by atoms with Crippen LogP contribution in [0.2, 0.25) is 0 Å². The van der Waals surface area contributed by atoms with Gasteiger partial charge in [0.15, 0.2) is 0 Å². The van der Waals surface area contributed by atoms with Crippen LogP contribution in [-0.2, 0) is 11.3 Å². The summed E-state index contributed by atoms with van der Waals surface area (Å²) in [7, 11) is 0. The predicted molar refractivity (Wildman–Crippen MR) is 96.1 cm³/mol. The van der Waals surface area contributed by atoms with Gasteiger partial charge in [0, 0.05) is 23.5 Å². The topological polar surface area (TPSA) is 54.5 Å². The fraction of sp³-hybridized carbons (Fsp3) is 0.444. The van der Waals surface area contributed by atoms with Gasteiger partial charge in [0.05, 0.1) is 24.4 Å². The van der Waals surface area contributed by atoms with Crippen LogP contribution >= 0.6 is 11.3 Å². The van der Waals surface area contributed by atoms with Crippen molar-refractivity contribution in [3.8, 4) is 10.6 Å². The summed E-state index contributed by atoms with van der Waals surface area (Å²) in [5.41, 5.74) is 2.09. The standard InChI is InChI=1S/C18H23N3O2S/c1-12-10-21(11-13(2)23-12)18(22)19-9-16-14(3)20-17(24-16)15-7-5-4-6-8-15/h4-8,12-13H,9-11H2,1-3H3,(H,19,22). The number of amides is 2. The van der Waals surface area contributed by atoms with E-state index in [4.69, 9.17) is 4.74 Å². The first-order valence-corrected chi connectivity index (χ1v) is 9.04. The number of rotatable bonds is 3. The van der Waals surface area contributed by atoms with Crippen molar-refractivity contribution in [3.05, 3.63) is 40.9 Å². The fourth-order valence-electron chi connectivity index (χ4n) is 2.91. The van der Waals surface area contributed by atoms with E-state index in [1.165, 1.54) is 0 Å². The average molecular weight is 345 g/mol. The number of hydrogen-bond donors (Lipinski definition) is 1. The minimum Gasteiger partial charge on any atom is -0.372 e. The van der Waals surface area contributed by atoms with E-state index in [2.05, 4.69) is 22.4 Å². The maximum absolute atomic E-state index is 12.4. The molecular formula is C18H23N3O2S. The summed E-state index contributed by atoms with van der Waals surface area (Å²) >= 11 is 1.63. The Hall–Kier alpha value is -1.92. The number of hydrogen-bond acceptors (Lipinski definition) is 4. The normalized spacial score (nSPS) is 20.9. The molecule has 2 atom stereocenters. The van der Waals surface area contributed by atoms with Crippen molar-refractivity contribution in [1.29, 1.82) is 0 Å². The Morgan fingerprint density at radius 2 is 1.96 bits per heavy atom. The van der Waals surface area contributed by atoms with Gasteiger partial charge in [0.1, 0.15) is 5.01 Å². The minimum atomic E-state index is -0.0361. The summed E-state index contributed by atoms with van der Waals surface area (Å²) < 4.78 is 5.67. The van der Waals surface area contributed by atoms with Crippen molar-refractivity contribution >= 4 is 17.4 Å². The first-order chi connectivity index (χ1) is 11.5. The van der Waals surface area contributed by atoms with E-state index in [0.717, 1.165) is 21.1 Å². The maximum atomic E-state index is 12.4. The number of morpholine rings is 1. The Balaban J connectivity index is 1.62. The minimum absolute atomic E-state index is 0.0361. The Morgan fingerprint density at radius 3 is 2.62 bits per heavy atom. The molecule has 0 spiro atoms. The molecule has 0 radical (unpaired) electrons. The number of aromatic nitrogens is 1. The van der Waals surface area contributed by atoms with Gasteiger partial charge in [-0.3, -0.25) is 0 Å². The largest absolute Gasteiger partial charge is 0.372 e.